The average molecular weight is 180 g/mol. The number of rotatable bonds is 3. The molecule has 70 valence electrons. The van der Waals surface area contributed by atoms with Crippen molar-refractivity contribution < 1.29 is 4.79 Å². The summed E-state index contributed by atoms with van der Waals surface area (Å²) in [5.74, 6) is 0.253. The van der Waals surface area contributed by atoms with Gasteiger partial charge in [0.2, 0.25) is 5.91 Å². The van der Waals surface area contributed by atoms with Crippen molar-refractivity contribution in [3.8, 4) is 0 Å². The summed E-state index contributed by atoms with van der Waals surface area (Å²) < 4.78 is 0. The van der Waals surface area contributed by atoms with E-state index in [1.807, 2.05) is 0 Å². The zero-order chi connectivity index (χ0) is 9.84. The summed E-state index contributed by atoms with van der Waals surface area (Å²) in [6.07, 6.45) is 3.33. The molecule has 0 aliphatic heterocycles. The predicted molar refractivity (Wildman–Crippen MR) is 47.5 cm³/mol. The van der Waals surface area contributed by atoms with E-state index in [2.05, 4.69) is 9.97 Å². The first-order valence-electron chi connectivity index (χ1n) is 3.92. The highest BCUT2D eigenvalue weighted by Gasteiger charge is 2.09. The quantitative estimate of drug-likeness (QED) is 0.665. The van der Waals surface area contributed by atoms with Gasteiger partial charge in [0, 0.05) is 30.4 Å². The van der Waals surface area contributed by atoms with Crippen LogP contribution in [0.1, 0.15) is 23.9 Å². The first-order valence-corrected chi connectivity index (χ1v) is 3.92. The van der Waals surface area contributed by atoms with Crippen LogP contribution in [0.4, 0.5) is 0 Å². The number of aryl methyl sites for hydroxylation is 1. The molecule has 0 aliphatic carbocycles. The van der Waals surface area contributed by atoms with Crippen molar-refractivity contribution in [3.63, 3.8) is 0 Å². The van der Waals surface area contributed by atoms with E-state index < -0.39 is 11.9 Å². The molecule has 1 aromatic heterocycles. The second-order valence-corrected chi connectivity index (χ2v) is 2.84. The van der Waals surface area contributed by atoms with Gasteiger partial charge in [-0.2, -0.15) is 0 Å². The Morgan fingerprint density at radius 1 is 1.54 bits per heavy atom. The van der Waals surface area contributed by atoms with Crippen LogP contribution in [0.3, 0.4) is 0 Å². The highest BCUT2D eigenvalue weighted by molar-refractivity contribution is 5.74. The van der Waals surface area contributed by atoms with Crippen LogP contribution in [0.15, 0.2) is 12.4 Å². The molecule has 0 aromatic carbocycles. The Labute approximate surface area is 76.2 Å². The molecular formula is C8H12N4O. The fraction of sp³-hybridized carbons (Fsp3) is 0.375. The van der Waals surface area contributed by atoms with Gasteiger partial charge in [-0.15, -0.1) is 0 Å². The third-order valence-electron chi connectivity index (χ3n) is 1.65. The van der Waals surface area contributed by atoms with Crippen molar-refractivity contribution in [3.05, 3.63) is 23.8 Å². The summed E-state index contributed by atoms with van der Waals surface area (Å²) in [6, 6.07) is -0.405. The maximum atomic E-state index is 10.6. The average Bonchev–Trinajstić information content (AvgIpc) is 2.04. The summed E-state index contributed by atoms with van der Waals surface area (Å²) in [4.78, 5) is 18.5. The molecule has 13 heavy (non-hydrogen) atoms. The Balaban J connectivity index is 2.71. The van der Waals surface area contributed by atoms with E-state index in [1.54, 1.807) is 19.3 Å². The summed E-state index contributed by atoms with van der Waals surface area (Å²) in [7, 11) is 0. The molecule has 1 amide bonds. The molecule has 1 aromatic rings. The monoisotopic (exact) mass is 180 g/mol. The number of carbonyl (C=O) groups excluding carboxylic acids is 1. The second-order valence-electron chi connectivity index (χ2n) is 2.84. The van der Waals surface area contributed by atoms with E-state index in [4.69, 9.17) is 11.5 Å². The highest BCUT2D eigenvalue weighted by atomic mass is 16.1. The Morgan fingerprint density at radius 2 is 2.08 bits per heavy atom. The number of nitrogens with zero attached hydrogens (tertiary/aromatic N) is 2. The molecule has 4 N–H and O–H groups in total. The lowest BCUT2D eigenvalue weighted by molar-refractivity contribution is -0.118. The Morgan fingerprint density at radius 3 is 2.54 bits per heavy atom. The standard InChI is InChI=1S/C8H12N4O/c1-5-11-3-6(4-12-5)7(9)2-8(10)13/h3-4,7H,2,9H2,1H3,(H2,10,13)/t7-/m1/s1. The van der Waals surface area contributed by atoms with Gasteiger partial charge in [-0.25, -0.2) is 9.97 Å². The van der Waals surface area contributed by atoms with Gasteiger partial charge in [-0.05, 0) is 6.92 Å². The lowest BCUT2D eigenvalue weighted by Crippen LogP contribution is -2.21. The van der Waals surface area contributed by atoms with Gasteiger partial charge in [-0.1, -0.05) is 0 Å². The van der Waals surface area contributed by atoms with Gasteiger partial charge >= 0.3 is 0 Å². The summed E-state index contributed by atoms with van der Waals surface area (Å²) in [6.45, 7) is 1.78. The predicted octanol–water partition coefficient (Wildman–Crippen LogP) is -0.340. The number of amides is 1. The molecule has 0 unspecified atom stereocenters. The molecule has 0 saturated heterocycles. The maximum Gasteiger partial charge on any atom is 0.219 e. The van der Waals surface area contributed by atoms with Crippen LogP contribution in [0, 0.1) is 6.92 Å². The Hall–Kier alpha value is -1.49. The van der Waals surface area contributed by atoms with Crippen LogP contribution < -0.4 is 11.5 Å². The Bertz CT molecular complexity index is 296. The molecule has 0 saturated carbocycles. The van der Waals surface area contributed by atoms with Crippen molar-refractivity contribution in [2.24, 2.45) is 11.5 Å². The van der Waals surface area contributed by atoms with Crippen LogP contribution >= 0.6 is 0 Å². The lowest BCUT2D eigenvalue weighted by atomic mass is 10.1. The minimum Gasteiger partial charge on any atom is -0.370 e. The smallest absolute Gasteiger partial charge is 0.219 e. The fourth-order valence-electron chi connectivity index (χ4n) is 0.929. The minimum atomic E-state index is -0.423. The van der Waals surface area contributed by atoms with Crippen molar-refractivity contribution in [1.82, 2.24) is 9.97 Å². The van der Waals surface area contributed by atoms with E-state index in [9.17, 15) is 4.79 Å². The van der Waals surface area contributed by atoms with E-state index >= 15 is 0 Å². The normalized spacial score (nSPS) is 12.5. The number of hydrogen-bond acceptors (Lipinski definition) is 4. The molecule has 0 spiro atoms. The van der Waals surface area contributed by atoms with Crippen molar-refractivity contribution in [1.29, 1.82) is 0 Å². The SMILES string of the molecule is Cc1ncc([C@H](N)CC(N)=O)cn1. The van der Waals surface area contributed by atoms with Crippen LogP contribution in [0.2, 0.25) is 0 Å². The largest absolute Gasteiger partial charge is 0.370 e. The highest BCUT2D eigenvalue weighted by Crippen LogP contribution is 2.10. The zero-order valence-electron chi connectivity index (χ0n) is 7.40. The fourth-order valence-corrected chi connectivity index (χ4v) is 0.929. The minimum absolute atomic E-state index is 0.117. The van der Waals surface area contributed by atoms with Crippen molar-refractivity contribution in [2.45, 2.75) is 19.4 Å². The number of primary amides is 1. The van der Waals surface area contributed by atoms with Crippen molar-refractivity contribution in [2.75, 3.05) is 0 Å². The molecule has 0 radical (unpaired) electrons. The van der Waals surface area contributed by atoms with Crippen LogP contribution in [-0.2, 0) is 4.79 Å². The molecular weight excluding hydrogens is 168 g/mol. The topological polar surface area (TPSA) is 94.9 Å². The lowest BCUT2D eigenvalue weighted by Gasteiger charge is -2.08. The van der Waals surface area contributed by atoms with E-state index in [1.165, 1.54) is 0 Å². The number of aromatic nitrogens is 2. The molecule has 5 nitrogen and oxygen atoms in total. The summed E-state index contributed by atoms with van der Waals surface area (Å²) in [5.41, 5.74) is 11.4. The maximum absolute atomic E-state index is 10.6. The molecule has 5 heteroatoms. The van der Waals surface area contributed by atoms with E-state index in [0.29, 0.717) is 5.82 Å². The second kappa shape index (κ2) is 3.95. The summed E-state index contributed by atoms with van der Waals surface area (Å²) >= 11 is 0. The van der Waals surface area contributed by atoms with Crippen LogP contribution in [-0.4, -0.2) is 15.9 Å². The van der Waals surface area contributed by atoms with Gasteiger partial charge in [0.05, 0.1) is 0 Å². The summed E-state index contributed by atoms with van der Waals surface area (Å²) in [5, 5.41) is 0. The Kier molecular flexibility index (Phi) is 2.92. The molecule has 0 fully saturated rings. The van der Waals surface area contributed by atoms with Crippen LogP contribution in [0.5, 0.6) is 0 Å². The molecule has 1 heterocycles. The van der Waals surface area contributed by atoms with Gasteiger partial charge < -0.3 is 11.5 Å². The number of carbonyl (C=O) groups is 1. The molecule has 1 rings (SSSR count). The van der Waals surface area contributed by atoms with Crippen LogP contribution in [0.25, 0.3) is 0 Å². The number of nitrogens with two attached hydrogens (primary N) is 2. The molecule has 1 atom stereocenters. The van der Waals surface area contributed by atoms with Gasteiger partial charge in [-0.3, -0.25) is 4.79 Å². The van der Waals surface area contributed by atoms with E-state index in [-0.39, 0.29) is 6.42 Å². The third kappa shape index (κ3) is 2.79. The first kappa shape index (κ1) is 9.60. The molecule has 0 aliphatic rings. The van der Waals surface area contributed by atoms with Crippen molar-refractivity contribution >= 4 is 5.91 Å². The van der Waals surface area contributed by atoms with Gasteiger partial charge in [0.1, 0.15) is 5.82 Å². The first-order chi connectivity index (χ1) is 6.09. The van der Waals surface area contributed by atoms with Gasteiger partial charge in [0.25, 0.3) is 0 Å². The van der Waals surface area contributed by atoms with E-state index in [0.717, 1.165) is 5.56 Å². The molecule has 0 bridgehead atoms. The number of hydrogen-bond donors (Lipinski definition) is 2. The zero-order valence-corrected chi connectivity index (χ0v) is 7.40. The third-order valence-corrected chi connectivity index (χ3v) is 1.65. The van der Waals surface area contributed by atoms with Gasteiger partial charge in [0.15, 0.2) is 0 Å².